The van der Waals surface area contributed by atoms with Gasteiger partial charge in [-0.05, 0) is 50.1 Å². The Morgan fingerprint density at radius 1 is 1.08 bits per heavy atom. The van der Waals surface area contributed by atoms with Crippen LogP contribution in [-0.4, -0.2) is 61.4 Å². The van der Waals surface area contributed by atoms with Crippen molar-refractivity contribution in [2.75, 3.05) is 50.2 Å². The molecule has 0 radical (unpaired) electrons. The van der Waals surface area contributed by atoms with Crippen molar-refractivity contribution in [2.24, 2.45) is 0 Å². The molecule has 202 valence electrons. The van der Waals surface area contributed by atoms with Crippen LogP contribution in [0.3, 0.4) is 0 Å². The number of likely N-dealkylation sites (N-methyl/N-ethyl adjacent to an activating group) is 1. The number of hydrogen-bond acceptors (Lipinski definition) is 7. The molecule has 3 heterocycles. The second kappa shape index (κ2) is 9.86. The monoisotopic (exact) mass is 530 g/mol. The molecule has 2 aliphatic heterocycles. The molecule has 1 fully saturated rings. The lowest BCUT2D eigenvalue weighted by molar-refractivity contribution is -0.137. The second-order valence-electron chi connectivity index (χ2n) is 9.41. The smallest absolute Gasteiger partial charge is 0.418 e. The van der Waals surface area contributed by atoms with Crippen LogP contribution in [0.4, 0.5) is 24.5 Å². The van der Waals surface area contributed by atoms with E-state index in [0.29, 0.717) is 78.7 Å². The van der Waals surface area contributed by atoms with Gasteiger partial charge in [-0.2, -0.15) is 23.0 Å². The molecule has 0 unspecified atom stereocenters. The summed E-state index contributed by atoms with van der Waals surface area (Å²) in [6.07, 6.45) is -4.24. The van der Waals surface area contributed by atoms with E-state index in [0.717, 1.165) is 10.7 Å². The van der Waals surface area contributed by atoms with Gasteiger partial charge in [0.1, 0.15) is 17.2 Å². The Kier molecular flexibility index (Phi) is 6.72. The minimum absolute atomic E-state index is 0.301. The first kappa shape index (κ1) is 25.9. The number of aromatic nitrogens is 2. The summed E-state index contributed by atoms with van der Waals surface area (Å²) in [5.74, 6) is 0.979. The third kappa shape index (κ3) is 4.55. The van der Waals surface area contributed by atoms with Gasteiger partial charge in [-0.3, -0.25) is 4.79 Å². The predicted molar refractivity (Wildman–Crippen MR) is 138 cm³/mol. The topological polar surface area (TPSA) is 80.1 Å². The number of alkyl halides is 3. The van der Waals surface area contributed by atoms with Crippen LogP contribution < -0.4 is 24.8 Å². The minimum atomic E-state index is -4.72. The van der Waals surface area contributed by atoms with Crippen LogP contribution in [0.1, 0.15) is 24.5 Å². The number of ether oxygens (including phenoxy) is 2. The number of halogens is 3. The molecule has 0 bridgehead atoms. The second-order valence-corrected chi connectivity index (χ2v) is 9.41. The molecule has 38 heavy (non-hydrogen) atoms. The maximum atomic E-state index is 14.2. The lowest BCUT2D eigenvalue weighted by atomic mass is 10.0. The average molecular weight is 531 g/mol. The average Bonchev–Trinajstić information content (AvgIpc) is 3.54. The van der Waals surface area contributed by atoms with Gasteiger partial charge in [-0.1, -0.05) is 0 Å². The van der Waals surface area contributed by atoms with Crippen molar-refractivity contribution in [1.29, 1.82) is 0 Å². The van der Waals surface area contributed by atoms with Crippen LogP contribution in [0.2, 0.25) is 0 Å². The molecule has 0 amide bonds. The number of aliphatic hydroxyl groups is 1. The van der Waals surface area contributed by atoms with Crippen molar-refractivity contribution in [3.63, 3.8) is 0 Å². The zero-order chi connectivity index (χ0) is 27.2. The summed E-state index contributed by atoms with van der Waals surface area (Å²) in [6, 6.07) is 8.82. The number of β-amino-alcohol motifs (C(OH)–C–C–N with tert-alkyl or cyclic N) is 1. The molecule has 5 rings (SSSR count). The van der Waals surface area contributed by atoms with E-state index in [1.807, 2.05) is 11.8 Å². The quantitative estimate of drug-likeness (QED) is 0.518. The molecule has 11 heteroatoms. The van der Waals surface area contributed by atoms with E-state index in [1.165, 1.54) is 26.4 Å². The standard InChI is InChI=1S/C27H29F3N4O4/c1-4-32-10-8-21-24(16-11-19(37-2)14-20(12-16)38-3)31-34(26(36)25(21)32)23-13-17(33-9-7-18(35)15-33)5-6-22(23)27(28,29)30/h5-6,11-14,18,35H,4,7-10,15H2,1-3H3/t18-/m0/s1. The van der Waals surface area contributed by atoms with Crippen LogP contribution in [0.5, 0.6) is 11.5 Å². The van der Waals surface area contributed by atoms with Gasteiger partial charge >= 0.3 is 6.18 Å². The number of hydrogen-bond donors (Lipinski definition) is 1. The molecule has 0 spiro atoms. The van der Waals surface area contributed by atoms with Gasteiger partial charge in [0, 0.05) is 49.1 Å². The van der Waals surface area contributed by atoms with Crippen LogP contribution in [0.25, 0.3) is 16.9 Å². The Balaban J connectivity index is 1.79. The zero-order valence-corrected chi connectivity index (χ0v) is 21.4. The van der Waals surface area contributed by atoms with E-state index < -0.39 is 23.4 Å². The van der Waals surface area contributed by atoms with Crippen LogP contribution in [0, 0.1) is 0 Å². The molecule has 3 aromatic rings. The molecule has 2 aliphatic rings. The summed E-state index contributed by atoms with van der Waals surface area (Å²) in [5, 5.41) is 14.5. The Hall–Kier alpha value is -3.73. The third-order valence-electron chi connectivity index (χ3n) is 7.16. The highest BCUT2D eigenvalue weighted by atomic mass is 19.4. The van der Waals surface area contributed by atoms with E-state index in [-0.39, 0.29) is 5.69 Å². The summed E-state index contributed by atoms with van der Waals surface area (Å²) in [4.78, 5) is 17.5. The van der Waals surface area contributed by atoms with Crippen LogP contribution in [-0.2, 0) is 12.6 Å². The van der Waals surface area contributed by atoms with Crippen LogP contribution >= 0.6 is 0 Å². The molecule has 1 aromatic heterocycles. The third-order valence-corrected chi connectivity index (χ3v) is 7.16. The van der Waals surface area contributed by atoms with Gasteiger partial charge in [0.25, 0.3) is 5.56 Å². The lowest BCUT2D eigenvalue weighted by Crippen LogP contribution is -2.32. The molecule has 0 aliphatic carbocycles. The SMILES string of the molecule is CCN1CCc2c(-c3cc(OC)cc(OC)c3)nn(-c3cc(N4CC[C@H](O)C4)ccc3C(F)(F)F)c(=O)c21. The first-order chi connectivity index (χ1) is 18.1. The number of fused-ring (bicyclic) bond motifs is 1. The van der Waals surface area contributed by atoms with Crippen molar-refractivity contribution < 1.29 is 27.8 Å². The highest BCUT2D eigenvalue weighted by Crippen LogP contribution is 2.39. The van der Waals surface area contributed by atoms with Crippen LogP contribution in [0.15, 0.2) is 41.2 Å². The first-order valence-corrected chi connectivity index (χ1v) is 12.4. The predicted octanol–water partition coefficient (Wildman–Crippen LogP) is 3.89. The van der Waals surface area contributed by atoms with Gasteiger partial charge in [-0.15, -0.1) is 0 Å². The summed E-state index contributed by atoms with van der Waals surface area (Å²) in [5.41, 5.74) is 0.524. The molecule has 1 N–H and O–H groups in total. The molecule has 1 saturated heterocycles. The lowest BCUT2D eigenvalue weighted by Gasteiger charge is -2.23. The fourth-order valence-corrected chi connectivity index (χ4v) is 5.23. The molecule has 8 nitrogen and oxygen atoms in total. The number of nitrogens with zero attached hydrogens (tertiary/aromatic N) is 4. The summed E-state index contributed by atoms with van der Waals surface area (Å²) in [6.45, 7) is 3.77. The number of methoxy groups -OCH3 is 2. The van der Waals surface area contributed by atoms with Crippen molar-refractivity contribution >= 4 is 11.4 Å². The Labute approximate surface area is 217 Å². The van der Waals surface area contributed by atoms with Gasteiger partial charge < -0.3 is 24.4 Å². The number of rotatable bonds is 6. The molecule has 2 aromatic carbocycles. The van der Waals surface area contributed by atoms with E-state index in [1.54, 1.807) is 23.1 Å². The Bertz CT molecular complexity index is 1400. The highest BCUT2D eigenvalue weighted by Gasteiger charge is 2.37. The van der Waals surface area contributed by atoms with Crippen molar-refractivity contribution in [1.82, 2.24) is 9.78 Å². The number of anilines is 2. The summed E-state index contributed by atoms with van der Waals surface area (Å²) < 4.78 is 54.4. The van der Waals surface area contributed by atoms with Gasteiger partial charge in [0.05, 0.1) is 37.3 Å². The van der Waals surface area contributed by atoms with E-state index >= 15 is 0 Å². The highest BCUT2D eigenvalue weighted by molar-refractivity contribution is 5.75. The van der Waals surface area contributed by atoms with Crippen molar-refractivity contribution in [3.05, 3.63) is 57.9 Å². The first-order valence-electron chi connectivity index (χ1n) is 12.4. The maximum absolute atomic E-state index is 14.2. The van der Waals surface area contributed by atoms with Gasteiger partial charge in [-0.25, -0.2) is 0 Å². The fourth-order valence-electron chi connectivity index (χ4n) is 5.23. The molecular formula is C27H29F3N4O4. The van der Waals surface area contributed by atoms with Gasteiger partial charge in [0.2, 0.25) is 0 Å². The Morgan fingerprint density at radius 3 is 2.37 bits per heavy atom. The zero-order valence-electron chi connectivity index (χ0n) is 21.4. The number of aliphatic hydroxyl groups excluding tert-OH is 1. The fraction of sp³-hybridized carbons (Fsp3) is 0.407. The van der Waals surface area contributed by atoms with Crippen molar-refractivity contribution in [2.45, 2.75) is 32.0 Å². The van der Waals surface area contributed by atoms with E-state index in [4.69, 9.17) is 9.47 Å². The van der Waals surface area contributed by atoms with Gasteiger partial charge in [0.15, 0.2) is 0 Å². The summed E-state index contributed by atoms with van der Waals surface area (Å²) >= 11 is 0. The minimum Gasteiger partial charge on any atom is -0.497 e. The summed E-state index contributed by atoms with van der Waals surface area (Å²) in [7, 11) is 3.01. The van der Waals surface area contributed by atoms with E-state index in [9.17, 15) is 23.1 Å². The Morgan fingerprint density at radius 2 is 1.79 bits per heavy atom. The molecule has 1 atom stereocenters. The number of benzene rings is 2. The normalized spacial score (nSPS) is 17.2. The van der Waals surface area contributed by atoms with Crippen molar-refractivity contribution in [3.8, 4) is 28.4 Å². The molecular weight excluding hydrogens is 501 g/mol. The van der Waals surface area contributed by atoms with E-state index in [2.05, 4.69) is 5.10 Å². The maximum Gasteiger partial charge on any atom is 0.418 e. The molecule has 0 saturated carbocycles. The largest absolute Gasteiger partial charge is 0.497 e.